The summed E-state index contributed by atoms with van der Waals surface area (Å²) in [5.41, 5.74) is -1.29. The average Bonchev–Trinajstić information content (AvgIpc) is 2.67. The smallest absolute Gasteiger partial charge is 0.264 e. The molecular weight excluding hydrogens is 362 g/mol. The Morgan fingerprint density at radius 3 is 2.70 bits per heavy atom. The van der Waals surface area contributed by atoms with Crippen molar-refractivity contribution in [2.45, 2.75) is 38.4 Å². The Hall–Kier alpha value is -1.24. The van der Waals surface area contributed by atoms with Gasteiger partial charge >= 0.3 is 0 Å². The van der Waals surface area contributed by atoms with Gasteiger partial charge in [-0.3, -0.25) is 9.59 Å². The molecule has 2 aliphatic heterocycles. The highest BCUT2D eigenvalue weighted by Gasteiger charge is 2.58. The molecule has 2 aliphatic rings. The maximum Gasteiger partial charge on any atom is 0.264 e. The Labute approximate surface area is 143 Å². The van der Waals surface area contributed by atoms with Crippen LogP contribution in [0.15, 0.2) is 22.7 Å². The van der Waals surface area contributed by atoms with Gasteiger partial charge in [0.25, 0.3) is 5.91 Å². The standard InChI is InChI=1S/C17H20BrNO4/c1-4-19-13-6-5-10(18)7-11(13)17(22,15(19)21)12-9-23-16(2,3)8-14(12)20/h5-7,12,22H,4,8-9H2,1-3H3/t12-,17+/m1/s1. The second kappa shape index (κ2) is 5.40. The van der Waals surface area contributed by atoms with E-state index in [-0.39, 0.29) is 18.8 Å². The van der Waals surface area contributed by atoms with Crippen molar-refractivity contribution in [3.8, 4) is 0 Å². The molecule has 124 valence electrons. The molecule has 0 aliphatic carbocycles. The van der Waals surface area contributed by atoms with Gasteiger partial charge in [-0.1, -0.05) is 15.9 Å². The van der Waals surface area contributed by atoms with Gasteiger partial charge in [0.05, 0.1) is 23.8 Å². The molecule has 0 unspecified atom stereocenters. The summed E-state index contributed by atoms with van der Waals surface area (Å²) < 4.78 is 6.48. The maximum atomic E-state index is 12.9. The lowest BCUT2D eigenvalue weighted by Gasteiger charge is -2.39. The van der Waals surface area contributed by atoms with Gasteiger partial charge in [0.1, 0.15) is 5.78 Å². The second-order valence-electron chi connectivity index (χ2n) is 6.74. The third-order valence-electron chi connectivity index (χ3n) is 4.68. The van der Waals surface area contributed by atoms with Crippen LogP contribution in [-0.4, -0.2) is 35.5 Å². The minimum Gasteiger partial charge on any atom is -0.375 e. The summed E-state index contributed by atoms with van der Waals surface area (Å²) in [7, 11) is 0. The Morgan fingerprint density at radius 1 is 1.39 bits per heavy atom. The summed E-state index contributed by atoms with van der Waals surface area (Å²) in [5, 5.41) is 11.3. The lowest BCUT2D eigenvalue weighted by Crippen LogP contribution is -2.54. The van der Waals surface area contributed by atoms with Crippen molar-refractivity contribution < 1.29 is 19.4 Å². The van der Waals surface area contributed by atoms with Crippen LogP contribution in [0.25, 0.3) is 0 Å². The van der Waals surface area contributed by atoms with Crippen molar-refractivity contribution in [3.63, 3.8) is 0 Å². The molecule has 1 saturated heterocycles. The number of benzene rings is 1. The van der Waals surface area contributed by atoms with Crippen LogP contribution in [-0.2, 0) is 19.9 Å². The van der Waals surface area contributed by atoms with Crippen molar-refractivity contribution in [2.75, 3.05) is 18.1 Å². The van der Waals surface area contributed by atoms with Crippen LogP contribution in [0.3, 0.4) is 0 Å². The highest BCUT2D eigenvalue weighted by molar-refractivity contribution is 9.10. The van der Waals surface area contributed by atoms with Crippen molar-refractivity contribution in [3.05, 3.63) is 28.2 Å². The van der Waals surface area contributed by atoms with Crippen molar-refractivity contribution in [2.24, 2.45) is 5.92 Å². The number of hydrogen-bond acceptors (Lipinski definition) is 4. The molecule has 2 heterocycles. The molecule has 1 aromatic carbocycles. The largest absolute Gasteiger partial charge is 0.375 e. The quantitative estimate of drug-likeness (QED) is 0.853. The number of Topliss-reactive ketones (excluding diaryl/α,β-unsaturated/α-hetero) is 1. The Kier molecular flexibility index (Phi) is 3.90. The SMILES string of the molecule is CCN1C(=O)[C@@](O)([C@@H]2COC(C)(C)CC2=O)c2cc(Br)ccc21. The molecule has 0 saturated carbocycles. The van der Waals surface area contributed by atoms with E-state index in [0.717, 1.165) is 4.47 Å². The summed E-state index contributed by atoms with van der Waals surface area (Å²) in [6.45, 7) is 5.99. The number of anilines is 1. The summed E-state index contributed by atoms with van der Waals surface area (Å²) in [4.78, 5) is 27.0. The van der Waals surface area contributed by atoms with E-state index in [0.29, 0.717) is 17.8 Å². The fourth-order valence-electron chi connectivity index (χ4n) is 3.48. The number of carbonyl (C=O) groups excluding carboxylic acids is 2. The van der Waals surface area contributed by atoms with Crippen molar-refractivity contribution in [1.82, 2.24) is 0 Å². The summed E-state index contributed by atoms with van der Waals surface area (Å²) in [6.07, 6.45) is 0.183. The maximum absolute atomic E-state index is 12.9. The number of ether oxygens (including phenoxy) is 1. The van der Waals surface area contributed by atoms with Crippen LogP contribution in [0.2, 0.25) is 0 Å². The average molecular weight is 382 g/mol. The van der Waals surface area contributed by atoms with E-state index in [4.69, 9.17) is 4.74 Å². The number of hydrogen-bond donors (Lipinski definition) is 1. The topological polar surface area (TPSA) is 66.8 Å². The van der Waals surface area contributed by atoms with Crippen molar-refractivity contribution >= 4 is 33.3 Å². The lowest BCUT2D eigenvalue weighted by molar-refractivity contribution is -0.172. The second-order valence-corrected chi connectivity index (χ2v) is 7.66. The van der Waals surface area contributed by atoms with E-state index in [2.05, 4.69) is 15.9 Å². The number of likely N-dealkylation sites (N-methyl/N-ethyl adjacent to an activating group) is 1. The van der Waals surface area contributed by atoms with Gasteiger partial charge in [0.2, 0.25) is 0 Å². The van der Waals surface area contributed by atoms with Crippen molar-refractivity contribution in [1.29, 1.82) is 0 Å². The van der Waals surface area contributed by atoms with Gasteiger partial charge in [-0.25, -0.2) is 0 Å². The molecule has 3 rings (SSSR count). The Balaban J connectivity index is 2.09. The number of carbonyl (C=O) groups is 2. The first-order chi connectivity index (χ1) is 10.7. The molecule has 2 atom stereocenters. The fraction of sp³-hybridized carbons (Fsp3) is 0.529. The molecule has 23 heavy (non-hydrogen) atoms. The monoisotopic (exact) mass is 381 g/mol. The van der Waals surface area contributed by atoms with E-state index >= 15 is 0 Å². The van der Waals surface area contributed by atoms with Gasteiger partial charge < -0.3 is 14.7 Å². The molecule has 1 fully saturated rings. The summed E-state index contributed by atoms with van der Waals surface area (Å²) in [6, 6.07) is 5.33. The summed E-state index contributed by atoms with van der Waals surface area (Å²) >= 11 is 3.38. The van der Waals surface area contributed by atoms with Crippen LogP contribution < -0.4 is 4.90 Å². The third-order valence-corrected chi connectivity index (χ3v) is 5.17. The summed E-state index contributed by atoms with van der Waals surface area (Å²) in [5.74, 6) is -1.47. The van der Waals surface area contributed by atoms with Gasteiger partial charge in [-0.2, -0.15) is 0 Å². The minimum absolute atomic E-state index is 0.0393. The zero-order chi connectivity index (χ0) is 17.0. The van der Waals surface area contributed by atoms with Crippen LogP contribution in [0.5, 0.6) is 0 Å². The molecule has 5 nitrogen and oxygen atoms in total. The molecule has 1 N–H and O–H groups in total. The van der Waals surface area contributed by atoms with E-state index in [9.17, 15) is 14.7 Å². The van der Waals surface area contributed by atoms with Crippen LogP contribution in [0.1, 0.15) is 32.8 Å². The number of amides is 1. The first kappa shape index (κ1) is 16.6. The fourth-order valence-corrected chi connectivity index (χ4v) is 3.84. The molecule has 0 spiro atoms. The van der Waals surface area contributed by atoms with Gasteiger partial charge in [-0.15, -0.1) is 0 Å². The minimum atomic E-state index is -1.86. The highest BCUT2D eigenvalue weighted by atomic mass is 79.9. The predicted octanol–water partition coefficient (Wildman–Crippen LogP) is 2.39. The molecule has 1 aromatic rings. The Morgan fingerprint density at radius 2 is 2.09 bits per heavy atom. The number of aliphatic hydroxyl groups is 1. The first-order valence-electron chi connectivity index (χ1n) is 7.71. The zero-order valence-corrected chi connectivity index (χ0v) is 15.0. The molecule has 0 radical (unpaired) electrons. The van der Waals surface area contributed by atoms with E-state index in [1.165, 1.54) is 4.90 Å². The number of nitrogens with zero attached hydrogens (tertiary/aromatic N) is 1. The predicted molar refractivity (Wildman–Crippen MR) is 89.2 cm³/mol. The van der Waals surface area contributed by atoms with Gasteiger partial charge in [0.15, 0.2) is 5.60 Å². The number of fused-ring (bicyclic) bond motifs is 1. The number of rotatable bonds is 2. The lowest BCUT2D eigenvalue weighted by atomic mass is 9.76. The Bertz CT molecular complexity index is 687. The normalized spacial score (nSPS) is 29.8. The van der Waals surface area contributed by atoms with E-state index in [1.807, 2.05) is 26.8 Å². The molecular formula is C17H20BrNO4. The number of ketones is 1. The van der Waals surface area contributed by atoms with Gasteiger partial charge in [-0.05, 0) is 39.0 Å². The highest BCUT2D eigenvalue weighted by Crippen LogP contribution is 2.47. The molecule has 6 heteroatoms. The molecule has 1 amide bonds. The zero-order valence-electron chi connectivity index (χ0n) is 13.4. The van der Waals surface area contributed by atoms with Crippen LogP contribution in [0, 0.1) is 5.92 Å². The van der Waals surface area contributed by atoms with E-state index in [1.54, 1.807) is 12.1 Å². The van der Waals surface area contributed by atoms with Crippen LogP contribution in [0.4, 0.5) is 5.69 Å². The molecule has 0 bridgehead atoms. The van der Waals surface area contributed by atoms with Gasteiger partial charge in [0, 0.05) is 23.0 Å². The van der Waals surface area contributed by atoms with Crippen LogP contribution >= 0.6 is 15.9 Å². The first-order valence-corrected chi connectivity index (χ1v) is 8.51. The third kappa shape index (κ3) is 2.44. The molecule has 0 aromatic heterocycles. The number of halogens is 1. The van der Waals surface area contributed by atoms with E-state index < -0.39 is 23.0 Å².